The largest absolute Gasteiger partial charge is 0.506 e. The van der Waals surface area contributed by atoms with E-state index in [0.717, 1.165) is 12.8 Å². The summed E-state index contributed by atoms with van der Waals surface area (Å²) in [5.74, 6) is -1.09. The Kier molecular flexibility index (Phi) is 5.61. The average Bonchev–Trinajstić information content (AvgIpc) is 2.69. The molecular weight excluding hydrogens is 344 g/mol. The molecular formula is C20H20N4O3. The molecule has 2 N–H and O–H groups in total. The zero-order valence-electron chi connectivity index (χ0n) is 14.9. The lowest BCUT2D eigenvalue weighted by molar-refractivity contribution is 0.0950. The van der Waals surface area contributed by atoms with Gasteiger partial charge < -0.3 is 9.67 Å². The number of pyridine rings is 2. The van der Waals surface area contributed by atoms with Crippen molar-refractivity contribution < 1.29 is 9.90 Å². The van der Waals surface area contributed by atoms with Crippen LogP contribution < -0.4 is 11.0 Å². The second-order valence-corrected chi connectivity index (χ2v) is 6.04. The number of amides is 1. The first-order chi connectivity index (χ1) is 13.1. The average molecular weight is 364 g/mol. The zero-order chi connectivity index (χ0) is 19.2. The van der Waals surface area contributed by atoms with E-state index in [1.165, 1.54) is 10.8 Å². The molecule has 0 aliphatic carbocycles. The molecule has 3 rings (SSSR count). The SMILES string of the molecule is CCCCn1c(=O)c(C(=O)NN=Cc2cccnc2)c(O)c2ccccc21. The van der Waals surface area contributed by atoms with E-state index in [-0.39, 0.29) is 11.3 Å². The van der Waals surface area contributed by atoms with E-state index in [4.69, 9.17) is 0 Å². The molecule has 138 valence electrons. The third-order valence-corrected chi connectivity index (χ3v) is 4.17. The highest BCUT2D eigenvalue weighted by Crippen LogP contribution is 2.26. The smallest absolute Gasteiger partial charge is 0.280 e. The van der Waals surface area contributed by atoms with Crippen molar-refractivity contribution in [1.82, 2.24) is 15.0 Å². The van der Waals surface area contributed by atoms with Gasteiger partial charge in [0.2, 0.25) is 0 Å². The lowest BCUT2D eigenvalue weighted by Crippen LogP contribution is -2.31. The molecule has 0 fully saturated rings. The number of aromatic hydroxyl groups is 1. The molecule has 0 unspecified atom stereocenters. The Balaban J connectivity index is 1.99. The Morgan fingerprint density at radius 3 is 2.85 bits per heavy atom. The summed E-state index contributed by atoms with van der Waals surface area (Å²) in [5.41, 5.74) is 2.76. The van der Waals surface area contributed by atoms with E-state index in [1.807, 2.05) is 6.92 Å². The van der Waals surface area contributed by atoms with Crippen molar-refractivity contribution in [2.24, 2.45) is 5.10 Å². The summed E-state index contributed by atoms with van der Waals surface area (Å²) in [6, 6.07) is 10.5. The van der Waals surface area contributed by atoms with E-state index in [2.05, 4.69) is 15.5 Å². The fourth-order valence-electron chi connectivity index (χ4n) is 2.81. The Labute approximate surface area is 156 Å². The molecule has 27 heavy (non-hydrogen) atoms. The summed E-state index contributed by atoms with van der Waals surface area (Å²) in [4.78, 5) is 29.3. The summed E-state index contributed by atoms with van der Waals surface area (Å²) in [6.07, 6.45) is 6.31. The molecule has 7 heteroatoms. The first kappa shape index (κ1) is 18.3. The number of fused-ring (bicyclic) bond motifs is 1. The van der Waals surface area contributed by atoms with Crippen molar-refractivity contribution in [3.8, 4) is 5.75 Å². The van der Waals surface area contributed by atoms with E-state index in [1.54, 1.807) is 48.8 Å². The van der Waals surface area contributed by atoms with Crippen LogP contribution in [0.3, 0.4) is 0 Å². The van der Waals surface area contributed by atoms with Gasteiger partial charge in [0.15, 0.2) is 0 Å². The number of rotatable bonds is 6. The minimum atomic E-state index is -0.756. The van der Waals surface area contributed by atoms with Gasteiger partial charge >= 0.3 is 0 Å². The van der Waals surface area contributed by atoms with Crippen molar-refractivity contribution in [3.63, 3.8) is 0 Å². The van der Waals surface area contributed by atoms with Gasteiger partial charge in [-0.1, -0.05) is 31.5 Å². The summed E-state index contributed by atoms with van der Waals surface area (Å²) in [5, 5.41) is 14.8. The number of hydrogen-bond acceptors (Lipinski definition) is 5. The fraction of sp³-hybridized carbons (Fsp3) is 0.200. The predicted molar refractivity (Wildman–Crippen MR) is 104 cm³/mol. The molecule has 2 aromatic heterocycles. The number of aryl methyl sites for hydroxylation is 1. The predicted octanol–water partition coefficient (Wildman–Crippen LogP) is 2.67. The molecule has 1 amide bonds. The number of nitrogens with zero attached hydrogens (tertiary/aromatic N) is 3. The summed E-state index contributed by atoms with van der Waals surface area (Å²) in [7, 11) is 0. The van der Waals surface area contributed by atoms with E-state index >= 15 is 0 Å². The third kappa shape index (κ3) is 3.87. The third-order valence-electron chi connectivity index (χ3n) is 4.17. The number of hydrogen-bond donors (Lipinski definition) is 2. The van der Waals surface area contributed by atoms with Gasteiger partial charge in [0.1, 0.15) is 11.3 Å². The molecule has 0 atom stereocenters. The first-order valence-electron chi connectivity index (χ1n) is 8.71. The molecule has 3 aromatic rings. The maximum Gasteiger partial charge on any atom is 0.280 e. The molecule has 0 radical (unpaired) electrons. The van der Waals surface area contributed by atoms with Gasteiger partial charge in [-0.15, -0.1) is 0 Å². The Bertz CT molecular complexity index is 1040. The first-order valence-corrected chi connectivity index (χ1v) is 8.71. The van der Waals surface area contributed by atoms with Crippen LogP contribution in [-0.4, -0.2) is 26.8 Å². The van der Waals surface area contributed by atoms with Crippen LogP contribution in [0.1, 0.15) is 35.7 Å². The van der Waals surface area contributed by atoms with Crippen LogP contribution in [0.2, 0.25) is 0 Å². The molecule has 7 nitrogen and oxygen atoms in total. The maximum absolute atomic E-state index is 12.9. The Morgan fingerprint density at radius 1 is 1.30 bits per heavy atom. The van der Waals surface area contributed by atoms with Crippen LogP contribution in [0.4, 0.5) is 0 Å². The lowest BCUT2D eigenvalue weighted by atomic mass is 10.1. The van der Waals surface area contributed by atoms with Gasteiger partial charge in [0.05, 0.1) is 11.7 Å². The standard InChI is InChI=1S/C20H20N4O3/c1-2-3-11-24-16-9-5-4-8-15(16)18(25)17(20(24)27)19(26)23-22-13-14-7-6-10-21-12-14/h4-10,12-13,25H,2-3,11H2,1H3,(H,23,26). The van der Waals surface area contributed by atoms with Crippen molar-refractivity contribution >= 4 is 23.0 Å². The molecule has 1 aromatic carbocycles. The maximum atomic E-state index is 12.9. The van der Waals surface area contributed by atoms with Gasteiger partial charge in [-0.05, 0) is 24.6 Å². The molecule has 0 bridgehead atoms. The summed E-state index contributed by atoms with van der Waals surface area (Å²) in [6.45, 7) is 2.49. The van der Waals surface area contributed by atoms with Gasteiger partial charge in [0, 0.05) is 29.9 Å². The number of hydrazone groups is 1. The monoisotopic (exact) mass is 364 g/mol. The topological polar surface area (TPSA) is 96.6 Å². The molecule has 2 heterocycles. The molecule has 0 saturated carbocycles. The minimum Gasteiger partial charge on any atom is -0.506 e. The van der Waals surface area contributed by atoms with Gasteiger partial charge in [-0.2, -0.15) is 5.10 Å². The van der Waals surface area contributed by atoms with E-state index in [0.29, 0.717) is 23.0 Å². The number of aromatic nitrogens is 2. The van der Waals surface area contributed by atoms with Crippen LogP contribution in [0.15, 0.2) is 58.7 Å². The van der Waals surface area contributed by atoms with Crippen molar-refractivity contribution in [1.29, 1.82) is 0 Å². The molecule has 0 aliphatic heterocycles. The summed E-state index contributed by atoms with van der Waals surface area (Å²) >= 11 is 0. The highest BCUT2D eigenvalue weighted by molar-refractivity contribution is 6.02. The number of carbonyl (C=O) groups is 1. The Hall–Kier alpha value is -3.48. The molecule has 0 spiro atoms. The number of nitrogens with one attached hydrogen (secondary N) is 1. The van der Waals surface area contributed by atoms with Crippen LogP contribution in [-0.2, 0) is 6.54 Å². The van der Waals surface area contributed by atoms with Crippen LogP contribution in [0.25, 0.3) is 10.9 Å². The van der Waals surface area contributed by atoms with Gasteiger partial charge in [-0.25, -0.2) is 5.43 Å². The Morgan fingerprint density at radius 2 is 2.11 bits per heavy atom. The van der Waals surface area contributed by atoms with Crippen molar-refractivity contribution in [2.45, 2.75) is 26.3 Å². The van der Waals surface area contributed by atoms with Crippen LogP contribution >= 0.6 is 0 Å². The fourth-order valence-corrected chi connectivity index (χ4v) is 2.81. The van der Waals surface area contributed by atoms with Gasteiger partial charge in [-0.3, -0.25) is 14.6 Å². The molecule has 0 saturated heterocycles. The number of unbranched alkanes of at least 4 members (excludes halogenated alkanes) is 1. The molecule has 0 aliphatic rings. The van der Waals surface area contributed by atoms with Crippen LogP contribution in [0, 0.1) is 0 Å². The normalized spacial score (nSPS) is 11.1. The quantitative estimate of drug-likeness (QED) is 0.519. The summed E-state index contributed by atoms with van der Waals surface area (Å²) < 4.78 is 1.53. The lowest BCUT2D eigenvalue weighted by Gasteiger charge is -2.14. The number of benzene rings is 1. The van der Waals surface area contributed by atoms with Crippen molar-refractivity contribution in [2.75, 3.05) is 0 Å². The van der Waals surface area contributed by atoms with Crippen LogP contribution in [0.5, 0.6) is 5.75 Å². The van der Waals surface area contributed by atoms with Crippen molar-refractivity contribution in [3.05, 3.63) is 70.3 Å². The zero-order valence-corrected chi connectivity index (χ0v) is 14.9. The second kappa shape index (κ2) is 8.27. The van der Waals surface area contributed by atoms with Gasteiger partial charge in [0.25, 0.3) is 11.5 Å². The highest BCUT2D eigenvalue weighted by atomic mass is 16.3. The van der Waals surface area contributed by atoms with E-state index in [9.17, 15) is 14.7 Å². The second-order valence-electron chi connectivity index (χ2n) is 6.04. The number of carbonyl (C=O) groups excluding carboxylic acids is 1. The minimum absolute atomic E-state index is 0.312. The highest BCUT2D eigenvalue weighted by Gasteiger charge is 2.21. The number of para-hydroxylation sites is 1. The van der Waals surface area contributed by atoms with E-state index < -0.39 is 11.5 Å².